The van der Waals surface area contributed by atoms with E-state index in [2.05, 4.69) is 5.48 Å². The molecule has 0 aliphatic heterocycles. The van der Waals surface area contributed by atoms with Crippen LogP contribution < -0.4 is 5.48 Å². The molecule has 21 heavy (non-hydrogen) atoms. The second-order valence-corrected chi connectivity index (χ2v) is 5.50. The van der Waals surface area contributed by atoms with Gasteiger partial charge in [0, 0.05) is 10.6 Å². The van der Waals surface area contributed by atoms with Crippen LogP contribution in [0.25, 0.3) is 0 Å². The van der Waals surface area contributed by atoms with Gasteiger partial charge in [-0.2, -0.15) is 5.48 Å². The molecule has 0 aliphatic rings. The van der Waals surface area contributed by atoms with Gasteiger partial charge in [0.15, 0.2) is 0 Å². The SMILES string of the molecule is O=C(O)[C@H](CSc1ccccc1)NOCc1ccccc1. The third-order valence-corrected chi connectivity index (χ3v) is 3.87. The second-order valence-electron chi connectivity index (χ2n) is 4.41. The van der Waals surface area contributed by atoms with E-state index in [9.17, 15) is 9.90 Å². The van der Waals surface area contributed by atoms with Crippen molar-refractivity contribution in [2.45, 2.75) is 17.5 Å². The molecule has 0 fully saturated rings. The van der Waals surface area contributed by atoms with Crippen LogP contribution in [-0.2, 0) is 16.2 Å². The molecule has 2 rings (SSSR count). The van der Waals surface area contributed by atoms with Crippen molar-refractivity contribution in [2.24, 2.45) is 0 Å². The number of nitrogens with one attached hydrogen (secondary N) is 1. The van der Waals surface area contributed by atoms with Gasteiger partial charge in [-0.1, -0.05) is 48.5 Å². The van der Waals surface area contributed by atoms with Crippen molar-refractivity contribution in [2.75, 3.05) is 5.75 Å². The van der Waals surface area contributed by atoms with Gasteiger partial charge in [0.2, 0.25) is 0 Å². The number of hydrogen-bond donors (Lipinski definition) is 2. The number of thioether (sulfide) groups is 1. The average molecular weight is 303 g/mol. The summed E-state index contributed by atoms with van der Waals surface area (Å²) in [5, 5.41) is 9.19. The largest absolute Gasteiger partial charge is 0.480 e. The molecule has 2 aromatic carbocycles. The lowest BCUT2D eigenvalue weighted by Crippen LogP contribution is -2.38. The number of hydroxylamine groups is 1. The summed E-state index contributed by atoms with van der Waals surface area (Å²) in [6, 6.07) is 18.5. The summed E-state index contributed by atoms with van der Waals surface area (Å²) in [6.07, 6.45) is 0. The molecule has 0 heterocycles. The van der Waals surface area contributed by atoms with Gasteiger partial charge < -0.3 is 5.11 Å². The zero-order valence-electron chi connectivity index (χ0n) is 11.4. The Labute approximate surface area is 128 Å². The number of aliphatic carboxylic acids is 1. The molecule has 5 heteroatoms. The molecule has 0 saturated carbocycles. The first kappa shape index (κ1) is 15.6. The fraction of sp³-hybridized carbons (Fsp3) is 0.188. The summed E-state index contributed by atoms with van der Waals surface area (Å²) in [4.78, 5) is 17.5. The van der Waals surface area contributed by atoms with Crippen LogP contribution in [0, 0.1) is 0 Å². The van der Waals surface area contributed by atoms with Crippen molar-refractivity contribution in [3.8, 4) is 0 Å². The van der Waals surface area contributed by atoms with Crippen LogP contribution in [-0.4, -0.2) is 22.9 Å². The molecule has 0 radical (unpaired) electrons. The van der Waals surface area contributed by atoms with Crippen molar-refractivity contribution in [1.29, 1.82) is 0 Å². The van der Waals surface area contributed by atoms with Crippen LogP contribution in [0.2, 0.25) is 0 Å². The molecule has 2 aromatic rings. The van der Waals surface area contributed by atoms with E-state index < -0.39 is 12.0 Å². The summed E-state index contributed by atoms with van der Waals surface area (Å²) < 4.78 is 0. The summed E-state index contributed by atoms with van der Waals surface area (Å²) in [6.45, 7) is 0.334. The maximum atomic E-state index is 11.2. The molecular formula is C16H17NO3S. The molecule has 0 bridgehead atoms. The van der Waals surface area contributed by atoms with Crippen molar-refractivity contribution < 1.29 is 14.7 Å². The fourth-order valence-corrected chi connectivity index (χ4v) is 2.57. The predicted octanol–water partition coefficient (Wildman–Crippen LogP) is 2.95. The van der Waals surface area contributed by atoms with Gasteiger partial charge in [-0.25, -0.2) is 0 Å². The molecule has 0 aliphatic carbocycles. The van der Waals surface area contributed by atoms with Gasteiger partial charge in [-0.15, -0.1) is 11.8 Å². The van der Waals surface area contributed by atoms with Crippen LogP contribution in [0.15, 0.2) is 65.6 Å². The first-order valence-electron chi connectivity index (χ1n) is 6.57. The van der Waals surface area contributed by atoms with Crippen molar-refractivity contribution in [1.82, 2.24) is 5.48 Å². The summed E-state index contributed by atoms with van der Waals surface area (Å²) in [5.41, 5.74) is 3.61. The number of hydrogen-bond acceptors (Lipinski definition) is 4. The van der Waals surface area contributed by atoms with E-state index in [0.29, 0.717) is 12.4 Å². The standard InChI is InChI=1S/C16H17NO3S/c18-16(19)15(12-21-14-9-5-2-6-10-14)17-20-11-13-7-3-1-4-8-13/h1-10,15,17H,11-12H2,(H,18,19)/t15-/m0/s1. The molecule has 0 unspecified atom stereocenters. The molecule has 1 atom stereocenters. The van der Waals surface area contributed by atoms with E-state index in [1.807, 2.05) is 60.7 Å². The van der Waals surface area contributed by atoms with Gasteiger partial charge in [-0.3, -0.25) is 9.63 Å². The van der Waals surface area contributed by atoms with Crippen LogP contribution in [0.5, 0.6) is 0 Å². The number of benzene rings is 2. The molecular weight excluding hydrogens is 286 g/mol. The van der Waals surface area contributed by atoms with Crippen LogP contribution in [0.3, 0.4) is 0 Å². The highest BCUT2D eigenvalue weighted by Crippen LogP contribution is 2.18. The lowest BCUT2D eigenvalue weighted by atomic mass is 10.2. The highest BCUT2D eigenvalue weighted by atomic mass is 32.2. The number of carboxylic acid groups (broad SMARTS) is 1. The number of rotatable bonds is 8. The molecule has 0 aromatic heterocycles. The minimum absolute atomic E-state index is 0.334. The van der Waals surface area contributed by atoms with Crippen LogP contribution in [0.1, 0.15) is 5.56 Å². The van der Waals surface area contributed by atoms with E-state index >= 15 is 0 Å². The van der Waals surface area contributed by atoms with E-state index in [-0.39, 0.29) is 0 Å². The second kappa shape index (κ2) is 8.46. The Morgan fingerprint density at radius 3 is 2.33 bits per heavy atom. The van der Waals surface area contributed by atoms with Crippen LogP contribution in [0.4, 0.5) is 0 Å². The Hall–Kier alpha value is -1.82. The lowest BCUT2D eigenvalue weighted by molar-refractivity contribution is -0.143. The van der Waals surface area contributed by atoms with E-state index in [4.69, 9.17) is 4.84 Å². The normalized spacial score (nSPS) is 12.0. The molecule has 0 saturated heterocycles. The highest BCUT2D eigenvalue weighted by molar-refractivity contribution is 7.99. The maximum absolute atomic E-state index is 11.2. The Balaban J connectivity index is 1.78. The summed E-state index contributed by atoms with van der Waals surface area (Å²) in [7, 11) is 0. The van der Waals surface area contributed by atoms with E-state index in [0.717, 1.165) is 10.5 Å². The number of carboxylic acids is 1. The number of carbonyl (C=O) groups is 1. The van der Waals surface area contributed by atoms with Crippen LogP contribution >= 0.6 is 11.8 Å². The lowest BCUT2D eigenvalue weighted by Gasteiger charge is -2.14. The van der Waals surface area contributed by atoms with Crippen molar-refractivity contribution in [3.05, 3.63) is 66.2 Å². The third-order valence-electron chi connectivity index (χ3n) is 2.77. The predicted molar refractivity (Wildman–Crippen MR) is 83.0 cm³/mol. The van der Waals surface area contributed by atoms with E-state index in [1.165, 1.54) is 11.8 Å². The quantitative estimate of drug-likeness (QED) is 0.580. The minimum atomic E-state index is -0.925. The average Bonchev–Trinajstić information content (AvgIpc) is 2.52. The van der Waals surface area contributed by atoms with Gasteiger partial charge in [-0.05, 0) is 17.7 Å². The Morgan fingerprint density at radius 2 is 1.71 bits per heavy atom. The smallest absolute Gasteiger partial charge is 0.323 e. The first-order valence-corrected chi connectivity index (χ1v) is 7.56. The minimum Gasteiger partial charge on any atom is -0.480 e. The Bertz CT molecular complexity index is 548. The van der Waals surface area contributed by atoms with Crippen molar-refractivity contribution in [3.63, 3.8) is 0 Å². The zero-order valence-corrected chi connectivity index (χ0v) is 12.3. The molecule has 2 N–H and O–H groups in total. The Kier molecular flexibility index (Phi) is 6.27. The fourth-order valence-electron chi connectivity index (χ4n) is 1.65. The summed E-state index contributed by atoms with van der Waals surface area (Å²) in [5.74, 6) is -0.528. The molecule has 110 valence electrons. The Morgan fingerprint density at radius 1 is 1.10 bits per heavy atom. The topological polar surface area (TPSA) is 58.6 Å². The monoisotopic (exact) mass is 303 g/mol. The summed E-state index contributed by atoms with van der Waals surface area (Å²) >= 11 is 1.48. The first-order chi connectivity index (χ1) is 10.3. The van der Waals surface area contributed by atoms with Gasteiger partial charge in [0.05, 0.1) is 6.61 Å². The van der Waals surface area contributed by atoms with Gasteiger partial charge in [0.25, 0.3) is 0 Å². The highest BCUT2D eigenvalue weighted by Gasteiger charge is 2.17. The molecule has 0 spiro atoms. The van der Waals surface area contributed by atoms with Gasteiger partial charge in [0.1, 0.15) is 6.04 Å². The van der Waals surface area contributed by atoms with Crippen molar-refractivity contribution >= 4 is 17.7 Å². The molecule has 0 amide bonds. The van der Waals surface area contributed by atoms with E-state index in [1.54, 1.807) is 0 Å². The van der Waals surface area contributed by atoms with Gasteiger partial charge >= 0.3 is 5.97 Å². The zero-order chi connectivity index (χ0) is 14.9. The third kappa shape index (κ3) is 5.59. The molecule has 4 nitrogen and oxygen atoms in total. The maximum Gasteiger partial charge on any atom is 0.323 e.